The number of ether oxygens (including phenoxy) is 3. The number of fused-ring (bicyclic) bond motifs is 3. The van der Waals surface area contributed by atoms with Crippen LogP contribution in [0.5, 0.6) is 11.5 Å². The highest BCUT2D eigenvalue weighted by atomic mass is 28.3. The van der Waals surface area contributed by atoms with Gasteiger partial charge in [-0.1, -0.05) is 91.9 Å². The van der Waals surface area contributed by atoms with Crippen LogP contribution in [0.3, 0.4) is 0 Å². The second kappa shape index (κ2) is 15.1. The predicted molar refractivity (Wildman–Crippen MR) is 222 cm³/mol. The number of carbonyl (C=O) groups is 2. The molecule has 2 amide bonds. The molecule has 0 bridgehead atoms. The molecule has 1 spiro atoms. The summed E-state index contributed by atoms with van der Waals surface area (Å²) in [6, 6.07) is 34.7. The molecule has 11 heteroatoms. The van der Waals surface area contributed by atoms with Crippen molar-refractivity contribution in [3.63, 3.8) is 0 Å². The molecular weight excluding hydrogens is 735 g/mol. The molecule has 10 nitrogen and oxygen atoms in total. The number of amides is 2. The van der Waals surface area contributed by atoms with E-state index in [-0.39, 0.29) is 53.7 Å². The first-order valence-electron chi connectivity index (χ1n) is 19.6. The molecule has 5 aromatic rings. The van der Waals surface area contributed by atoms with Crippen molar-refractivity contribution in [2.75, 3.05) is 25.7 Å². The average molecular weight is 784 g/mol. The number of aromatic nitrogens is 1. The van der Waals surface area contributed by atoms with Gasteiger partial charge < -0.3 is 29.1 Å². The molecule has 8 rings (SSSR count). The van der Waals surface area contributed by atoms with Crippen LogP contribution in [0.4, 0.5) is 5.69 Å². The molecule has 57 heavy (non-hydrogen) atoms. The first-order chi connectivity index (χ1) is 27.5. The Balaban J connectivity index is 1.26. The van der Waals surface area contributed by atoms with Gasteiger partial charge in [0.05, 0.1) is 59.7 Å². The highest BCUT2D eigenvalue weighted by molar-refractivity contribution is 6.91. The van der Waals surface area contributed by atoms with Crippen LogP contribution in [0, 0.1) is 5.92 Å². The van der Waals surface area contributed by atoms with Crippen LogP contribution in [0.2, 0.25) is 18.6 Å². The van der Waals surface area contributed by atoms with E-state index in [0.717, 1.165) is 27.6 Å². The summed E-state index contributed by atoms with van der Waals surface area (Å²) in [5.74, 6) is 0.264. The molecule has 294 valence electrons. The average Bonchev–Trinajstić information content (AvgIpc) is 3.66. The minimum absolute atomic E-state index is 0.0400. The van der Waals surface area contributed by atoms with Crippen molar-refractivity contribution in [2.24, 2.45) is 5.92 Å². The lowest BCUT2D eigenvalue weighted by Crippen LogP contribution is -2.52. The summed E-state index contributed by atoms with van der Waals surface area (Å²) in [5, 5.41) is 11.7. The van der Waals surface area contributed by atoms with E-state index in [4.69, 9.17) is 14.2 Å². The summed E-state index contributed by atoms with van der Waals surface area (Å²) in [4.78, 5) is 47.3. The van der Waals surface area contributed by atoms with Gasteiger partial charge in [-0.15, -0.1) is 0 Å². The van der Waals surface area contributed by atoms with E-state index in [1.165, 1.54) is 11.7 Å². The van der Waals surface area contributed by atoms with Gasteiger partial charge in [0, 0.05) is 29.9 Å². The quantitative estimate of drug-likeness (QED) is 0.174. The molecule has 3 aliphatic heterocycles. The second-order valence-corrected chi connectivity index (χ2v) is 20.7. The predicted octanol–water partition coefficient (Wildman–Crippen LogP) is 5.95. The van der Waals surface area contributed by atoms with Gasteiger partial charge in [0.2, 0.25) is 5.91 Å². The number of hydrogen-bond acceptors (Lipinski definition) is 7. The molecule has 1 saturated heterocycles. The number of hydrogen-bond donors (Lipinski definition) is 1. The minimum atomic E-state index is -2.59. The fraction of sp³-hybridized carbons (Fsp3) is 0.326. The number of anilines is 1. The third-order valence-electron chi connectivity index (χ3n) is 12.7. The van der Waals surface area contributed by atoms with Gasteiger partial charge in [-0.2, -0.15) is 0 Å². The van der Waals surface area contributed by atoms with Crippen molar-refractivity contribution in [2.45, 2.75) is 69.2 Å². The van der Waals surface area contributed by atoms with E-state index in [2.05, 4.69) is 38.2 Å². The zero-order valence-electron chi connectivity index (χ0n) is 33.1. The summed E-state index contributed by atoms with van der Waals surface area (Å²) in [6.45, 7) is 7.23. The van der Waals surface area contributed by atoms with Gasteiger partial charge in [-0.05, 0) is 71.1 Å². The van der Waals surface area contributed by atoms with Crippen LogP contribution < -0.4 is 25.1 Å². The van der Waals surface area contributed by atoms with Crippen LogP contribution in [0.25, 0.3) is 5.69 Å². The van der Waals surface area contributed by atoms with Crippen molar-refractivity contribution in [1.82, 2.24) is 9.47 Å². The summed E-state index contributed by atoms with van der Waals surface area (Å²) < 4.78 is 19.8. The van der Waals surface area contributed by atoms with Crippen LogP contribution in [-0.4, -0.2) is 67.4 Å². The molecule has 1 fully saturated rings. The Morgan fingerprint density at radius 2 is 1.61 bits per heavy atom. The third-order valence-corrected chi connectivity index (χ3v) is 17.0. The molecule has 3 aliphatic rings. The zero-order valence-corrected chi connectivity index (χ0v) is 34.1. The number of nitrogens with zero attached hydrogens (tertiary/aromatic N) is 3. The van der Waals surface area contributed by atoms with E-state index >= 15 is 4.79 Å². The zero-order chi connectivity index (χ0) is 40.1. The largest absolute Gasteiger partial charge is 0.497 e. The van der Waals surface area contributed by atoms with E-state index < -0.39 is 19.8 Å². The monoisotopic (exact) mass is 783 g/mol. The van der Waals surface area contributed by atoms with Crippen molar-refractivity contribution in [1.29, 1.82) is 0 Å². The number of carbonyl (C=O) groups excluding carboxylic acids is 2. The van der Waals surface area contributed by atoms with Crippen LogP contribution in [-0.2, 0) is 39.4 Å². The molecule has 1 N–H and O–H groups in total. The summed E-state index contributed by atoms with van der Waals surface area (Å²) >= 11 is 0. The minimum Gasteiger partial charge on any atom is -0.497 e. The number of aliphatic hydroxyl groups is 1. The molecule has 0 aliphatic carbocycles. The van der Waals surface area contributed by atoms with Gasteiger partial charge in [-0.25, -0.2) is 0 Å². The SMILES string of the molecule is COc1ccc([Si](C)(C)[C@H]2[C@H](CC(=O)N3Cc4ccccc4C[C@H]3CO)O[C@@]3(C(=O)N(Cc4ccccc4)c4ccc(-n5cccc(OC)c5=O)cc43)[C@@H]2C)cc1. The Morgan fingerprint density at radius 1 is 0.895 bits per heavy atom. The Bertz CT molecular complexity index is 2360. The van der Waals surface area contributed by atoms with Crippen molar-refractivity contribution in [3.05, 3.63) is 148 Å². The molecule has 1 aromatic heterocycles. The van der Waals surface area contributed by atoms with Gasteiger partial charge in [-0.3, -0.25) is 19.0 Å². The maximum atomic E-state index is 15.5. The standard InChI is InChI=1S/C46H49N3O7Si/c1-30-43(57(4,5)37-20-18-36(54-2)19-21-37)41(26-42(51)48-28-33-15-10-9-14-32(33)24-35(48)29-50)56-46(30)38-25-34(47-23-11-16-40(55-3)44(47)52)17-22-39(38)49(45(46)53)27-31-12-7-6-8-13-31/h6-23,25,30,35,41,43,50H,24,26-29H2,1-5H3/t30-,35+,41+,43-,46+/m1/s1. The fourth-order valence-electron chi connectivity index (χ4n) is 9.74. The maximum Gasteiger partial charge on any atom is 0.297 e. The number of benzene rings is 4. The van der Waals surface area contributed by atoms with Crippen molar-refractivity contribution >= 4 is 30.8 Å². The Morgan fingerprint density at radius 3 is 2.32 bits per heavy atom. The molecule has 4 aromatic carbocycles. The van der Waals surface area contributed by atoms with Gasteiger partial charge in [0.1, 0.15) is 5.75 Å². The number of pyridine rings is 1. The second-order valence-electron chi connectivity index (χ2n) is 16.0. The van der Waals surface area contributed by atoms with Crippen LogP contribution in [0.15, 0.2) is 120 Å². The van der Waals surface area contributed by atoms with E-state index in [1.54, 1.807) is 35.2 Å². The molecule has 0 radical (unpaired) electrons. The fourth-order valence-corrected chi connectivity index (χ4v) is 13.7. The number of methoxy groups -OCH3 is 2. The highest BCUT2D eigenvalue weighted by Gasteiger charge is 2.66. The molecule has 5 atom stereocenters. The lowest BCUT2D eigenvalue weighted by Gasteiger charge is -2.39. The van der Waals surface area contributed by atoms with Crippen LogP contribution >= 0.6 is 0 Å². The number of aliphatic hydroxyl groups excluding tert-OH is 1. The Kier molecular flexibility index (Phi) is 10.2. The van der Waals surface area contributed by atoms with Gasteiger partial charge in [0.15, 0.2) is 11.4 Å². The van der Waals surface area contributed by atoms with Crippen LogP contribution in [0.1, 0.15) is 35.6 Å². The van der Waals surface area contributed by atoms with Gasteiger partial charge >= 0.3 is 0 Å². The van der Waals surface area contributed by atoms with E-state index in [0.29, 0.717) is 36.4 Å². The van der Waals surface area contributed by atoms with E-state index in [1.807, 2.05) is 78.9 Å². The van der Waals surface area contributed by atoms with Gasteiger partial charge in [0.25, 0.3) is 11.5 Å². The molecule has 0 saturated carbocycles. The Hall–Kier alpha value is -5.49. The highest BCUT2D eigenvalue weighted by Crippen LogP contribution is 2.60. The first-order valence-corrected chi connectivity index (χ1v) is 22.7. The molecular formula is C46H49N3O7Si. The third kappa shape index (κ3) is 6.47. The Labute approximate surface area is 334 Å². The lowest BCUT2D eigenvalue weighted by molar-refractivity contribution is -0.151. The molecule has 0 unspecified atom stereocenters. The summed E-state index contributed by atoms with van der Waals surface area (Å²) in [5.41, 5.74) is 3.13. The number of rotatable bonds is 10. The van der Waals surface area contributed by atoms with Crippen molar-refractivity contribution in [3.8, 4) is 17.2 Å². The summed E-state index contributed by atoms with van der Waals surface area (Å²) in [7, 11) is 0.522. The van der Waals surface area contributed by atoms with E-state index in [9.17, 15) is 14.7 Å². The van der Waals surface area contributed by atoms with Crippen molar-refractivity contribution < 1.29 is 28.9 Å². The first kappa shape index (κ1) is 38.4. The summed E-state index contributed by atoms with van der Waals surface area (Å²) in [6.07, 6.45) is 1.66. The lowest BCUT2D eigenvalue weighted by atomic mass is 9.82. The maximum absolute atomic E-state index is 15.5. The topological polar surface area (TPSA) is 111 Å². The smallest absolute Gasteiger partial charge is 0.297 e. The normalized spacial score (nSPS) is 22.7. The molecule has 4 heterocycles.